The molecule has 0 aromatic heterocycles. The molecular formula is C12H19NO3. The Morgan fingerprint density at radius 3 is 2.12 bits per heavy atom. The molecule has 0 aromatic carbocycles. The summed E-state index contributed by atoms with van der Waals surface area (Å²) >= 11 is 0. The van der Waals surface area contributed by atoms with Crippen LogP contribution in [0.25, 0.3) is 0 Å². The van der Waals surface area contributed by atoms with E-state index in [9.17, 15) is 9.59 Å². The van der Waals surface area contributed by atoms with E-state index in [1.807, 2.05) is 27.7 Å². The second-order valence-electron chi connectivity index (χ2n) is 5.45. The average Bonchev–Trinajstić information content (AvgIpc) is 2.83. The van der Waals surface area contributed by atoms with Crippen LogP contribution in [0.1, 0.15) is 40.5 Å². The van der Waals surface area contributed by atoms with Crippen LogP contribution in [-0.2, 0) is 9.59 Å². The molecule has 4 heteroatoms. The van der Waals surface area contributed by atoms with Gasteiger partial charge in [0.2, 0.25) is 5.91 Å². The maximum atomic E-state index is 11.6. The molecule has 0 atom stereocenters. The highest BCUT2D eigenvalue weighted by Crippen LogP contribution is 2.35. The van der Waals surface area contributed by atoms with Crippen molar-refractivity contribution in [1.82, 2.24) is 5.32 Å². The van der Waals surface area contributed by atoms with Gasteiger partial charge in [0.15, 0.2) is 0 Å². The number of allylic oxidation sites excluding steroid dienone is 1. The van der Waals surface area contributed by atoms with Gasteiger partial charge in [0, 0.05) is 6.08 Å². The van der Waals surface area contributed by atoms with Gasteiger partial charge in [0.05, 0.1) is 0 Å². The first-order valence-corrected chi connectivity index (χ1v) is 5.42. The zero-order valence-electron chi connectivity index (χ0n) is 10.3. The molecule has 0 unspecified atom stereocenters. The molecule has 1 aliphatic rings. The topological polar surface area (TPSA) is 66.4 Å². The molecule has 0 bridgehead atoms. The Morgan fingerprint density at radius 1 is 1.31 bits per heavy atom. The molecule has 1 aliphatic carbocycles. The van der Waals surface area contributed by atoms with Gasteiger partial charge >= 0.3 is 5.97 Å². The zero-order valence-corrected chi connectivity index (χ0v) is 10.3. The fourth-order valence-electron chi connectivity index (χ4n) is 1.20. The van der Waals surface area contributed by atoms with Gasteiger partial charge in [0.25, 0.3) is 0 Å². The first kappa shape index (κ1) is 12.7. The van der Waals surface area contributed by atoms with E-state index in [0.717, 1.165) is 5.57 Å². The van der Waals surface area contributed by atoms with Gasteiger partial charge in [-0.2, -0.15) is 0 Å². The Balaban J connectivity index is 2.65. The normalized spacial score (nSPS) is 19.1. The van der Waals surface area contributed by atoms with Gasteiger partial charge in [0.1, 0.15) is 5.54 Å². The second-order valence-corrected chi connectivity index (χ2v) is 5.45. The van der Waals surface area contributed by atoms with Crippen molar-refractivity contribution in [2.45, 2.75) is 46.1 Å². The summed E-state index contributed by atoms with van der Waals surface area (Å²) in [5, 5.41) is 11.5. The minimum atomic E-state index is -0.994. The molecule has 0 spiro atoms. The van der Waals surface area contributed by atoms with Gasteiger partial charge in [-0.05, 0) is 25.2 Å². The summed E-state index contributed by atoms with van der Waals surface area (Å²) in [4.78, 5) is 22.5. The summed E-state index contributed by atoms with van der Waals surface area (Å²) in [5.41, 5.74) is -0.130. The van der Waals surface area contributed by atoms with Crippen molar-refractivity contribution in [2.24, 2.45) is 5.41 Å². The third-order valence-electron chi connectivity index (χ3n) is 3.05. The third-order valence-corrected chi connectivity index (χ3v) is 3.05. The van der Waals surface area contributed by atoms with Crippen LogP contribution >= 0.6 is 0 Å². The molecule has 2 N–H and O–H groups in total. The number of carbonyl (C=O) groups is 2. The fraction of sp³-hybridized carbons (Fsp3) is 0.667. The maximum absolute atomic E-state index is 11.6. The largest absolute Gasteiger partial charge is 0.480 e. The van der Waals surface area contributed by atoms with E-state index in [-0.39, 0.29) is 11.3 Å². The van der Waals surface area contributed by atoms with E-state index >= 15 is 0 Å². The number of amides is 1. The van der Waals surface area contributed by atoms with Gasteiger partial charge in [-0.25, -0.2) is 4.79 Å². The Kier molecular flexibility index (Phi) is 3.13. The van der Waals surface area contributed by atoms with Crippen molar-refractivity contribution in [3.63, 3.8) is 0 Å². The number of aliphatic carboxylic acids is 1. The second kappa shape index (κ2) is 3.92. The van der Waals surface area contributed by atoms with Crippen molar-refractivity contribution in [1.29, 1.82) is 0 Å². The Hall–Kier alpha value is -1.32. The van der Waals surface area contributed by atoms with E-state index in [0.29, 0.717) is 12.8 Å². The highest BCUT2D eigenvalue weighted by molar-refractivity contribution is 5.95. The fourth-order valence-corrected chi connectivity index (χ4v) is 1.20. The summed E-state index contributed by atoms with van der Waals surface area (Å²) in [6, 6.07) is 0. The van der Waals surface area contributed by atoms with Crippen LogP contribution in [0.4, 0.5) is 0 Å². The van der Waals surface area contributed by atoms with Crippen molar-refractivity contribution < 1.29 is 14.7 Å². The number of hydrogen-bond donors (Lipinski definition) is 2. The predicted molar refractivity (Wildman–Crippen MR) is 61.0 cm³/mol. The van der Waals surface area contributed by atoms with Gasteiger partial charge in [-0.15, -0.1) is 0 Å². The number of carbonyl (C=O) groups excluding carboxylic acids is 1. The summed E-state index contributed by atoms with van der Waals surface area (Å²) < 4.78 is 0. The number of hydrogen-bond acceptors (Lipinski definition) is 2. The van der Waals surface area contributed by atoms with Gasteiger partial charge in [-0.1, -0.05) is 26.3 Å². The number of nitrogens with one attached hydrogen (secondary N) is 1. The predicted octanol–water partition coefficient (Wildman–Crippen LogP) is 1.71. The number of rotatable bonds is 3. The zero-order chi connectivity index (χ0) is 12.6. The van der Waals surface area contributed by atoms with Gasteiger partial charge < -0.3 is 10.4 Å². The first-order chi connectivity index (χ1) is 7.17. The van der Waals surface area contributed by atoms with Crippen LogP contribution in [0, 0.1) is 5.41 Å². The summed E-state index contributed by atoms with van der Waals surface area (Å²) in [7, 11) is 0. The molecule has 0 heterocycles. The van der Waals surface area contributed by atoms with Crippen molar-refractivity contribution in [3.8, 4) is 0 Å². The molecule has 1 saturated carbocycles. The Bertz CT molecular complexity index is 346. The lowest BCUT2D eigenvalue weighted by Crippen LogP contribution is -2.42. The molecule has 1 rings (SSSR count). The van der Waals surface area contributed by atoms with Gasteiger partial charge in [-0.3, -0.25) is 4.79 Å². The molecule has 1 amide bonds. The first-order valence-electron chi connectivity index (χ1n) is 5.42. The lowest BCUT2D eigenvalue weighted by atomic mass is 9.87. The Morgan fingerprint density at radius 2 is 1.81 bits per heavy atom. The van der Waals surface area contributed by atoms with Crippen LogP contribution in [0.15, 0.2) is 11.6 Å². The molecule has 1 fully saturated rings. The molecule has 0 radical (unpaired) electrons. The lowest BCUT2D eigenvalue weighted by molar-refractivity contribution is -0.142. The molecule has 0 aliphatic heterocycles. The van der Waals surface area contributed by atoms with E-state index < -0.39 is 11.5 Å². The minimum Gasteiger partial charge on any atom is -0.480 e. The van der Waals surface area contributed by atoms with E-state index in [1.54, 1.807) is 0 Å². The molecule has 16 heavy (non-hydrogen) atoms. The maximum Gasteiger partial charge on any atom is 0.329 e. The van der Waals surface area contributed by atoms with E-state index in [1.165, 1.54) is 6.08 Å². The average molecular weight is 225 g/mol. The van der Waals surface area contributed by atoms with Crippen LogP contribution in [0.3, 0.4) is 0 Å². The summed E-state index contributed by atoms with van der Waals surface area (Å²) in [6.07, 6.45) is 2.54. The van der Waals surface area contributed by atoms with Crippen LogP contribution in [0.5, 0.6) is 0 Å². The molecule has 0 aromatic rings. The molecule has 0 saturated heterocycles. The number of carboxylic acids is 1. The lowest BCUT2D eigenvalue weighted by Gasteiger charge is -2.19. The standard InChI is InChI=1S/C12H19NO3/c1-8(11(2,3)4)7-9(14)13-12(5-6-12)10(15)16/h7H,5-6H2,1-4H3,(H,13,14)(H,15,16). The van der Waals surface area contributed by atoms with Crippen molar-refractivity contribution in [3.05, 3.63) is 11.6 Å². The monoisotopic (exact) mass is 225 g/mol. The smallest absolute Gasteiger partial charge is 0.329 e. The Labute approximate surface area is 95.7 Å². The minimum absolute atomic E-state index is 0.0721. The van der Waals surface area contributed by atoms with Crippen LogP contribution in [-0.4, -0.2) is 22.5 Å². The van der Waals surface area contributed by atoms with E-state index in [4.69, 9.17) is 5.11 Å². The van der Waals surface area contributed by atoms with Crippen molar-refractivity contribution >= 4 is 11.9 Å². The molecular weight excluding hydrogens is 206 g/mol. The van der Waals surface area contributed by atoms with E-state index in [2.05, 4.69) is 5.32 Å². The molecule has 4 nitrogen and oxygen atoms in total. The highest BCUT2D eigenvalue weighted by atomic mass is 16.4. The quantitative estimate of drug-likeness (QED) is 0.718. The SMILES string of the molecule is CC(=CC(=O)NC1(C(=O)O)CC1)C(C)(C)C. The summed E-state index contributed by atoms with van der Waals surface area (Å²) in [6.45, 7) is 7.91. The highest BCUT2D eigenvalue weighted by Gasteiger charge is 2.51. The van der Waals surface area contributed by atoms with Crippen molar-refractivity contribution in [2.75, 3.05) is 0 Å². The summed E-state index contributed by atoms with van der Waals surface area (Å²) in [5.74, 6) is -1.25. The van der Waals surface area contributed by atoms with Crippen LogP contribution < -0.4 is 5.32 Å². The molecule has 90 valence electrons. The third kappa shape index (κ3) is 2.84. The van der Waals surface area contributed by atoms with Crippen LogP contribution in [0.2, 0.25) is 0 Å². The number of carboxylic acid groups (broad SMARTS) is 1.